The minimum atomic E-state index is 0.596. The monoisotopic (exact) mass is 283 g/mol. The van der Waals surface area contributed by atoms with E-state index in [1.807, 2.05) is 37.6 Å². The second kappa shape index (κ2) is 5.79. The molecule has 5 heteroatoms. The van der Waals surface area contributed by atoms with Crippen LogP contribution < -0.4 is 5.32 Å². The van der Waals surface area contributed by atoms with E-state index in [0.717, 1.165) is 15.7 Å². The number of aliphatic imine (C=N–C) groups is 1. The number of thioether (sulfide) groups is 1. The number of nitrogens with zero attached hydrogens (tertiary/aromatic N) is 2. The summed E-state index contributed by atoms with van der Waals surface area (Å²) in [6.07, 6.45) is 3.73. The molecule has 3 nitrogen and oxygen atoms in total. The molecule has 0 atom stereocenters. The Bertz CT molecular complexity index is 423. The van der Waals surface area contributed by atoms with Gasteiger partial charge in [0.05, 0.1) is 5.69 Å². The van der Waals surface area contributed by atoms with E-state index in [4.69, 9.17) is 5.26 Å². The summed E-state index contributed by atoms with van der Waals surface area (Å²) >= 11 is 4.79. The zero-order valence-corrected chi connectivity index (χ0v) is 10.8. The zero-order chi connectivity index (χ0) is 11.3. The van der Waals surface area contributed by atoms with Crippen molar-refractivity contribution >= 4 is 38.5 Å². The number of rotatable bonds is 1. The van der Waals surface area contributed by atoms with Crippen molar-refractivity contribution in [3.8, 4) is 6.19 Å². The van der Waals surface area contributed by atoms with E-state index in [1.54, 1.807) is 0 Å². The molecule has 78 valence electrons. The molecular weight excluding hydrogens is 274 g/mol. The molecule has 0 amide bonds. The van der Waals surface area contributed by atoms with Crippen molar-refractivity contribution in [2.45, 2.75) is 6.92 Å². The third-order valence-corrected chi connectivity index (χ3v) is 2.82. The number of halogens is 1. The number of hydrogen-bond acceptors (Lipinski definition) is 3. The highest BCUT2D eigenvalue weighted by Gasteiger charge is 2.00. The number of aryl methyl sites for hydroxylation is 1. The summed E-state index contributed by atoms with van der Waals surface area (Å²) in [5.41, 5.74) is 1.93. The van der Waals surface area contributed by atoms with Gasteiger partial charge in [0.25, 0.3) is 0 Å². The molecule has 0 aromatic heterocycles. The normalized spacial score (nSPS) is 10.9. The lowest BCUT2D eigenvalue weighted by atomic mass is 10.2. The molecule has 1 aromatic rings. The second-order valence-corrected chi connectivity index (χ2v) is 4.50. The van der Waals surface area contributed by atoms with Gasteiger partial charge in [0.2, 0.25) is 0 Å². The van der Waals surface area contributed by atoms with Crippen LogP contribution in [0, 0.1) is 18.4 Å². The Morgan fingerprint density at radius 1 is 1.60 bits per heavy atom. The van der Waals surface area contributed by atoms with Crippen LogP contribution in [0.15, 0.2) is 27.7 Å². The third-order valence-electron chi connectivity index (χ3n) is 1.75. The highest BCUT2D eigenvalue weighted by Crippen LogP contribution is 2.24. The Balaban J connectivity index is 3.05. The molecular formula is C10H10BrN3S. The van der Waals surface area contributed by atoms with E-state index < -0.39 is 0 Å². The van der Waals surface area contributed by atoms with Crippen LogP contribution >= 0.6 is 27.7 Å². The Labute approximate surface area is 102 Å². The lowest BCUT2D eigenvalue weighted by Crippen LogP contribution is -2.12. The fourth-order valence-electron chi connectivity index (χ4n) is 0.985. The lowest BCUT2D eigenvalue weighted by molar-refractivity contribution is 1.27. The predicted molar refractivity (Wildman–Crippen MR) is 68.2 cm³/mol. The number of amidine groups is 1. The van der Waals surface area contributed by atoms with Gasteiger partial charge in [-0.25, -0.2) is 4.99 Å². The lowest BCUT2D eigenvalue weighted by Gasteiger charge is -2.03. The van der Waals surface area contributed by atoms with Crippen molar-refractivity contribution in [1.82, 2.24) is 5.32 Å². The van der Waals surface area contributed by atoms with E-state index in [9.17, 15) is 0 Å². The highest BCUT2D eigenvalue weighted by atomic mass is 79.9. The fraction of sp³-hybridized carbons (Fsp3) is 0.200. The van der Waals surface area contributed by atoms with Crippen molar-refractivity contribution in [3.63, 3.8) is 0 Å². The Morgan fingerprint density at radius 3 is 2.93 bits per heavy atom. The zero-order valence-electron chi connectivity index (χ0n) is 8.41. The summed E-state index contributed by atoms with van der Waals surface area (Å²) in [6.45, 7) is 1.98. The van der Waals surface area contributed by atoms with Crippen molar-refractivity contribution in [2.75, 3.05) is 6.26 Å². The summed E-state index contributed by atoms with van der Waals surface area (Å²) < 4.78 is 0.976. The highest BCUT2D eigenvalue weighted by molar-refractivity contribution is 9.10. The molecule has 1 N–H and O–H groups in total. The van der Waals surface area contributed by atoms with Gasteiger partial charge in [-0.15, -0.1) is 0 Å². The van der Waals surface area contributed by atoms with Gasteiger partial charge in [0.1, 0.15) is 0 Å². The molecule has 0 bridgehead atoms. The van der Waals surface area contributed by atoms with E-state index in [2.05, 4.69) is 26.2 Å². The first-order chi connectivity index (χ1) is 7.17. The maximum absolute atomic E-state index is 8.51. The Hall–Kier alpha value is -0.990. The number of hydrogen-bond donors (Lipinski definition) is 1. The van der Waals surface area contributed by atoms with Gasteiger partial charge in [0, 0.05) is 4.47 Å². The van der Waals surface area contributed by atoms with E-state index in [1.165, 1.54) is 11.8 Å². The standard InChI is InChI=1S/C10H10BrN3S/c1-7-3-4-8(11)5-9(7)14-10(15-2)13-6-12/h3-5H,1-2H3,(H,13,14). The number of benzene rings is 1. The van der Waals surface area contributed by atoms with Crippen LogP contribution in [-0.2, 0) is 0 Å². The number of nitrogens with one attached hydrogen (secondary N) is 1. The average Bonchev–Trinajstić information content (AvgIpc) is 2.22. The minimum Gasteiger partial charge on any atom is -0.271 e. The summed E-state index contributed by atoms with van der Waals surface area (Å²) in [5, 5.41) is 11.6. The maximum Gasteiger partial charge on any atom is 0.183 e. The Morgan fingerprint density at radius 2 is 2.33 bits per heavy atom. The van der Waals surface area contributed by atoms with Crippen LogP contribution in [0.5, 0.6) is 0 Å². The van der Waals surface area contributed by atoms with Gasteiger partial charge in [0.15, 0.2) is 11.4 Å². The van der Waals surface area contributed by atoms with Gasteiger partial charge >= 0.3 is 0 Å². The first-order valence-corrected chi connectivity index (χ1v) is 6.23. The summed E-state index contributed by atoms with van der Waals surface area (Å²) in [7, 11) is 0. The minimum absolute atomic E-state index is 0.596. The summed E-state index contributed by atoms with van der Waals surface area (Å²) in [4.78, 5) is 4.34. The molecule has 0 radical (unpaired) electrons. The first kappa shape index (κ1) is 12.1. The smallest absolute Gasteiger partial charge is 0.183 e. The summed E-state index contributed by atoms with van der Waals surface area (Å²) in [6, 6.07) is 5.86. The quantitative estimate of drug-likeness (QED) is 0.373. The molecule has 0 saturated carbocycles. The van der Waals surface area contributed by atoms with Crippen molar-refractivity contribution in [3.05, 3.63) is 28.2 Å². The molecule has 0 aliphatic heterocycles. The SMILES string of the molecule is CSC(=Nc1cc(Br)ccc1C)NC#N. The van der Waals surface area contributed by atoms with E-state index >= 15 is 0 Å². The Kier molecular flexibility index (Phi) is 4.66. The van der Waals surface area contributed by atoms with Gasteiger partial charge in [-0.3, -0.25) is 5.32 Å². The maximum atomic E-state index is 8.51. The van der Waals surface area contributed by atoms with Gasteiger partial charge < -0.3 is 0 Å². The average molecular weight is 284 g/mol. The van der Waals surface area contributed by atoms with E-state index in [-0.39, 0.29) is 0 Å². The first-order valence-electron chi connectivity index (χ1n) is 4.21. The van der Waals surface area contributed by atoms with Crippen LogP contribution in [0.25, 0.3) is 0 Å². The van der Waals surface area contributed by atoms with Crippen LogP contribution in [0.2, 0.25) is 0 Å². The molecule has 0 aliphatic carbocycles. The van der Waals surface area contributed by atoms with Crippen LogP contribution in [-0.4, -0.2) is 11.4 Å². The second-order valence-electron chi connectivity index (χ2n) is 2.79. The van der Waals surface area contributed by atoms with Crippen molar-refractivity contribution in [1.29, 1.82) is 5.26 Å². The molecule has 0 fully saturated rings. The van der Waals surface area contributed by atoms with Gasteiger partial charge in [-0.05, 0) is 30.9 Å². The van der Waals surface area contributed by atoms with Crippen LogP contribution in [0.3, 0.4) is 0 Å². The molecule has 0 spiro atoms. The predicted octanol–water partition coefficient (Wildman–Crippen LogP) is 3.18. The van der Waals surface area contributed by atoms with Crippen molar-refractivity contribution in [2.24, 2.45) is 4.99 Å². The third kappa shape index (κ3) is 3.57. The molecule has 15 heavy (non-hydrogen) atoms. The topological polar surface area (TPSA) is 48.2 Å². The summed E-state index contributed by atoms with van der Waals surface area (Å²) in [5.74, 6) is 0. The number of nitriles is 1. The van der Waals surface area contributed by atoms with Crippen LogP contribution in [0.1, 0.15) is 5.56 Å². The fourth-order valence-corrected chi connectivity index (χ4v) is 1.67. The molecule has 0 aliphatic rings. The molecule has 0 saturated heterocycles. The van der Waals surface area contributed by atoms with Crippen molar-refractivity contribution < 1.29 is 0 Å². The molecule has 1 aromatic carbocycles. The molecule has 0 heterocycles. The van der Waals surface area contributed by atoms with Gasteiger partial charge in [-0.2, -0.15) is 5.26 Å². The largest absolute Gasteiger partial charge is 0.271 e. The molecule has 0 unspecified atom stereocenters. The van der Waals surface area contributed by atoms with E-state index in [0.29, 0.717) is 5.17 Å². The van der Waals surface area contributed by atoms with Gasteiger partial charge in [-0.1, -0.05) is 33.8 Å². The molecule has 1 rings (SSSR count). The van der Waals surface area contributed by atoms with Crippen LogP contribution in [0.4, 0.5) is 5.69 Å².